The molecule has 19 heavy (non-hydrogen) atoms. The Bertz CT molecular complexity index is 567. The molecule has 0 radical (unpaired) electrons. The highest BCUT2D eigenvalue weighted by molar-refractivity contribution is 5.51. The number of anilines is 1. The predicted molar refractivity (Wildman–Crippen MR) is 77.4 cm³/mol. The summed E-state index contributed by atoms with van der Waals surface area (Å²) in [4.78, 5) is 0. The lowest BCUT2D eigenvalue weighted by Crippen LogP contribution is -2.21. The second-order valence-electron chi connectivity index (χ2n) is 5.82. The fourth-order valence-electron chi connectivity index (χ4n) is 1.74. The number of hydrogen-bond donors (Lipinski definition) is 2. The number of hydrogen-bond acceptors (Lipinski definition) is 3. The quantitative estimate of drug-likeness (QED) is 0.889. The molecule has 0 aliphatic rings. The average molecular weight is 259 g/mol. The van der Waals surface area contributed by atoms with Crippen LogP contribution in [0.3, 0.4) is 0 Å². The molecule has 2 rings (SSSR count). The summed E-state index contributed by atoms with van der Waals surface area (Å²) in [7, 11) is 0. The second kappa shape index (κ2) is 4.96. The summed E-state index contributed by atoms with van der Waals surface area (Å²) in [5, 5.41) is 17.3. The van der Waals surface area contributed by atoms with Gasteiger partial charge in [-0.1, -0.05) is 6.07 Å². The van der Waals surface area contributed by atoms with Gasteiger partial charge in [0.25, 0.3) is 0 Å². The number of benzene rings is 1. The average Bonchev–Trinajstić information content (AvgIpc) is 2.79. The molecule has 0 saturated heterocycles. The van der Waals surface area contributed by atoms with Crippen molar-refractivity contribution in [2.24, 2.45) is 0 Å². The Morgan fingerprint density at radius 3 is 2.63 bits per heavy atom. The molecule has 2 N–H and O–H groups in total. The van der Waals surface area contributed by atoms with Crippen molar-refractivity contribution < 1.29 is 5.11 Å². The Kier molecular flexibility index (Phi) is 3.51. The number of nitrogens with zero attached hydrogens (tertiary/aromatic N) is 2. The van der Waals surface area contributed by atoms with Crippen molar-refractivity contribution >= 4 is 5.69 Å². The van der Waals surface area contributed by atoms with Gasteiger partial charge in [0.05, 0.1) is 11.7 Å². The molecule has 0 aliphatic heterocycles. The van der Waals surface area contributed by atoms with Crippen LogP contribution in [0.4, 0.5) is 5.69 Å². The highest BCUT2D eigenvalue weighted by Crippen LogP contribution is 2.21. The van der Waals surface area contributed by atoms with Gasteiger partial charge in [0.15, 0.2) is 0 Å². The Hall–Kier alpha value is -1.97. The zero-order valence-corrected chi connectivity index (χ0v) is 11.9. The molecule has 1 heterocycles. The smallest absolute Gasteiger partial charge is 0.120 e. The van der Waals surface area contributed by atoms with E-state index in [4.69, 9.17) is 0 Å². The summed E-state index contributed by atoms with van der Waals surface area (Å²) in [6, 6.07) is 5.60. The van der Waals surface area contributed by atoms with Crippen LogP contribution in [0, 0.1) is 6.92 Å². The van der Waals surface area contributed by atoms with E-state index in [0.29, 0.717) is 12.3 Å². The van der Waals surface area contributed by atoms with Gasteiger partial charge in [-0.15, -0.1) is 0 Å². The van der Waals surface area contributed by atoms with Crippen LogP contribution < -0.4 is 5.32 Å². The molecular formula is C15H21N3O. The van der Waals surface area contributed by atoms with Crippen molar-refractivity contribution in [1.82, 2.24) is 9.78 Å². The third-order valence-electron chi connectivity index (χ3n) is 3.03. The maximum Gasteiger partial charge on any atom is 0.120 e. The number of rotatable bonds is 3. The highest BCUT2D eigenvalue weighted by atomic mass is 16.3. The van der Waals surface area contributed by atoms with Gasteiger partial charge < -0.3 is 10.4 Å². The number of nitrogens with one attached hydrogen (secondary N) is 1. The zero-order chi connectivity index (χ0) is 14.0. The third kappa shape index (κ3) is 3.28. The van der Waals surface area contributed by atoms with E-state index in [1.807, 2.05) is 36.1 Å². The minimum Gasteiger partial charge on any atom is -0.508 e. The SMILES string of the molecule is Cc1ccc(NCc2cnn(C(C)(C)C)c2)cc1O. The highest BCUT2D eigenvalue weighted by Gasteiger charge is 2.13. The van der Waals surface area contributed by atoms with E-state index in [2.05, 4.69) is 31.2 Å². The molecule has 102 valence electrons. The van der Waals surface area contributed by atoms with Gasteiger partial charge in [-0.3, -0.25) is 4.68 Å². The molecule has 0 aliphatic carbocycles. The van der Waals surface area contributed by atoms with Crippen LogP contribution >= 0.6 is 0 Å². The summed E-state index contributed by atoms with van der Waals surface area (Å²) in [6.07, 6.45) is 3.91. The maximum absolute atomic E-state index is 9.65. The number of aromatic hydroxyl groups is 1. The molecule has 2 aromatic rings. The van der Waals surface area contributed by atoms with Crippen molar-refractivity contribution in [3.05, 3.63) is 41.7 Å². The van der Waals surface area contributed by atoms with Gasteiger partial charge in [-0.2, -0.15) is 5.10 Å². The summed E-state index contributed by atoms with van der Waals surface area (Å²) < 4.78 is 1.95. The summed E-state index contributed by atoms with van der Waals surface area (Å²) in [5.41, 5.74) is 2.91. The first-order valence-corrected chi connectivity index (χ1v) is 6.44. The molecule has 0 amide bonds. The molecule has 0 bridgehead atoms. The van der Waals surface area contributed by atoms with Gasteiger partial charge in [0.1, 0.15) is 5.75 Å². The van der Waals surface area contributed by atoms with Crippen LogP contribution in [0.1, 0.15) is 31.9 Å². The van der Waals surface area contributed by atoms with Gasteiger partial charge >= 0.3 is 0 Å². The lowest BCUT2D eigenvalue weighted by Gasteiger charge is -2.18. The maximum atomic E-state index is 9.65. The van der Waals surface area contributed by atoms with Crippen molar-refractivity contribution in [2.45, 2.75) is 39.8 Å². The number of phenols is 1. The van der Waals surface area contributed by atoms with E-state index in [0.717, 1.165) is 16.8 Å². The molecule has 1 aromatic heterocycles. The lowest BCUT2D eigenvalue weighted by atomic mass is 10.1. The lowest BCUT2D eigenvalue weighted by molar-refractivity contribution is 0.355. The molecule has 1 aromatic carbocycles. The molecule has 0 unspecified atom stereocenters. The van der Waals surface area contributed by atoms with Gasteiger partial charge in [-0.25, -0.2) is 0 Å². The molecule has 0 fully saturated rings. The second-order valence-corrected chi connectivity index (χ2v) is 5.82. The van der Waals surface area contributed by atoms with Crippen molar-refractivity contribution in [2.75, 3.05) is 5.32 Å². The number of phenolic OH excluding ortho intramolecular Hbond substituents is 1. The standard InChI is InChI=1S/C15H21N3O/c1-11-5-6-13(7-14(11)19)16-8-12-9-17-18(10-12)15(2,3)4/h5-7,9-10,16,19H,8H2,1-4H3. The fourth-order valence-corrected chi connectivity index (χ4v) is 1.74. The Morgan fingerprint density at radius 1 is 1.32 bits per heavy atom. The van der Waals surface area contributed by atoms with Crippen LogP contribution in [-0.2, 0) is 12.1 Å². The summed E-state index contributed by atoms with van der Waals surface area (Å²) in [6.45, 7) is 8.94. The molecule has 0 atom stereocenters. The molecular weight excluding hydrogens is 238 g/mol. The van der Waals surface area contributed by atoms with E-state index < -0.39 is 0 Å². The van der Waals surface area contributed by atoms with Crippen LogP contribution in [0.2, 0.25) is 0 Å². The first-order chi connectivity index (χ1) is 8.86. The van der Waals surface area contributed by atoms with Crippen molar-refractivity contribution in [1.29, 1.82) is 0 Å². The first-order valence-electron chi connectivity index (χ1n) is 6.44. The molecule has 0 saturated carbocycles. The zero-order valence-electron chi connectivity index (χ0n) is 11.9. The van der Waals surface area contributed by atoms with Gasteiger partial charge in [0.2, 0.25) is 0 Å². The van der Waals surface area contributed by atoms with Gasteiger partial charge in [-0.05, 0) is 39.3 Å². The fraction of sp³-hybridized carbons (Fsp3) is 0.400. The van der Waals surface area contributed by atoms with Crippen LogP contribution in [-0.4, -0.2) is 14.9 Å². The van der Waals surface area contributed by atoms with Gasteiger partial charge in [0, 0.05) is 30.1 Å². The summed E-state index contributed by atoms with van der Waals surface area (Å²) in [5.74, 6) is 0.315. The summed E-state index contributed by atoms with van der Waals surface area (Å²) >= 11 is 0. The van der Waals surface area contributed by atoms with E-state index >= 15 is 0 Å². The Morgan fingerprint density at radius 2 is 2.05 bits per heavy atom. The first kappa shape index (κ1) is 13.5. The third-order valence-corrected chi connectivity index (χ3v) is 3.03. The van der Waals surface area contributed by atoms with E-state index in [9.17, 15) is 5.11 Å². The van der Waals surface area contributed by atoms with E-state index in [-0.39, 0.29) is 5.54 Å². The monoisotopic (exact) mass is 259 g/mol. The minimum atomic E-state index is 0.000374. The normalized spacial score (nSPS) is 11.6. The topological polar surface area (TPSA) is 50.1 Å². The Labute approximate surface area is 114 Å². The number of aromatic nitrogens is 2. The minimum absolute atomic E-state index is 0.000374. The predicted octanol–water partition coefficient (Wildman–Crippen LogP) is 3.26. The molecule has 4 nitrogen and oxygen atoms in total. The van der Waals surface area contributed by atoms with Crippen molar-refractivity contribution in [3.63, 3.8) is 0 Å². The van der Waals surface area contributed by atoms with Crippen molar-refractivity contribution in [3.8, 4) is 5.75 Å². The van der Waals surface area contributed by atoms with Crippen LogP contribution in [0.25, 0.3) is 0 Å². The van der Waals surface area contributed by atoms with E-state index in [1.165, 1.54) is 0 Å². The largest absolute Gasteiger partial charge is 0.508 e. The Balaban J connectivity index is 2.02. The van der Waals surface area contributed by atoms with E-state index in [1.54, 1.807) is 6.07 Å². The van der Waals surface area contributed by atoms with Crippen LogP contribution in [0.5, 0.6) is 5.75 Å². The molecule has 0 spiro atoms. The van der Waals surface area contributed by atoms with Crippen LogP contribution in [0.15, 0.2) is 30.6 Å². The molecule has 4 heteroatoms. The number of aryl methyl sites for hydroxylation is 1.